The van der Waals surface area contributed by atoms with Crippen molar-refractivity contribution < 1.29 is 0 Å². The highest BCUT2D eigenvalue weighted by Gasteiger charge is 2.47. The zero-order chi connectivity index (χ0) is 17.6. The van der Waals surface area contributed by atoms with Crippen molar-refractivity contribution in [3.05, 3.63) is 107 Å². The van der Waals surface area contributed by atoms with Crippen LogP contribution >= 0.6 is 0 Å². The maximum absolute atomic E-state index is 2.48. The van der Waals surface area contributed by atoms with E-state index in [-0.39, 0.29) is 5.41 Å². The molecule has 0 heterocycles. The molecule has 0 nitrogen and oxygen atoms in total. The molecule has 3 aliphatic rings. The Balaban J connectivity index is 1.90. The van der Waals surface area contributed by atoms with Crippen LogP contribution in [0.4, 0.5) is 0 Å². The van der Waals surface area contributed by atoms with E-state index >= 15 is 0 Å². The summed E-state index contributed by atoms with van der Waals surface area (Å²) in [5.41, 5.74) is 9.89. The smallest absolute Gasteiger partial charge is 0.0707 e. The summed E-state index contributed by atoms with van der Waals surface area (Å²) in [6.45, 7) is 2.28. The molecule has 0 fully saturated rings. The first-order valence-electron chi connectivity index (χ1n) is 9.76. The average molecular weight is 336 g/mol. The first kappa shape index (κ1) is 15.6. The number of rotatable bonds is 2. The van der Waals surface area contributed by atoms with Crippen molar-refractivity contribution in [2.24, 2.45) is 0 Å². The molecule has 0 spiro atoms. The summed E-state index contributed by atoms with van der Waals surface area (Å²) in [6.07, 6.45) is 16.7. The van der Waals surface area contributed by atoms with Crippen molar-refractivity contribution in [2.75, 3.05) is 0 Å². The van der Waals surface area contributed by atoms with Crippen LogP contribution in [0.2, 0.25) is 0 Å². The lowest BCUT2D eigenvalue weighted by molar-refractivity contribution is 0.731. The third kappa shape index (κ3) is 2.08. The molecular formula is C26H24. The Labute approximate surface area is 156 Å². The van der Waals surface area contributed by atoms with Gasteiger partial charge in [-0.2, -0.15) is 0 Å². The fourth-order valence-corrected chi connectivity index (χ4v) is 5.03. The van der Waals surface area contributed by atoms with Crippen LogP contribution in [0.5, 0.6) is 0 Å². The normalized spacial score (nSPS) is 20.0. The zero-order valence-corrected chi connectivity index (χ0v) is 15.3. The highest BCUT2D eigenvalue weighted by atomic mass is 14.5. The minimum Gasteiger partial charge on any atom is -0.0839 e. The molecule has 0 radical (unpaired) electrons. The van der Waals surface area contributed by atoms with E-state index in [1.165, 1.54) is 45.4 Å². The lowest BCUT2D eigenvalue weighted by Gasteiger charge is -2.37. The van der Waals surface area contributed by atoms with Crippen molar-refractivity contribution in [1.29, 1.82) is 0 Å². The fourth-order valence-electron chi connectivity index (χ4n) is 5.03. The van der Waals surface area contributed by atoms with E-state index in [1.807, 2.05) is 0 Å². The minimum atomic E-state index is -0.161. The van der Waals surface area contributed by atoms with E-state index in [0.717, 1.165) is 19.3 Å². The molecule has 0 bridgehead atoms. The van der Waals surface area contributed by atoms with Crippen LogP contribution in [0.25, 0.3) is 11.1 Å². The second-order valence-electron chi connectivity index (χ2n) is 7.67. The average Bonchev–Trinajstić information content (AvgIpc) is 3.00. The lowest BCUT2D eigenvalue weighted by Crippen LogP contribution is -2.30. The Bertz CT molecular complexity index is 949. The Morgan fingerprint density at radius 2 is 1.38 bits per heavy atom. The lowest BCUT2D eigenvalue weighted by atomic mass is 9.64. The molecule has 0 unspecified atom stereocenters. The highest BCUT2D eigenvalue weighted by Crippen LogP contribution is 2.58. The van der Waals surface area contributed by atoms with Crippen LogP contribution < -0.4 is 0 Å². The summed E-state index contributed by atoms with van der Waals surface area (Å²) in [5.74, 6) is 0. The Morgan fingerprint density at radius 3 is 2.00 bits per heavy atom. The first-order chi connectivity index (χ1) is 12.8. The largest absolute Gasteiger partial charge is 0.0839 e. The van der Waals surface area contributed by atoms with Gasteiger partial charge in [-0.15, -0.1) is 0 Å². The monoisotopic (exact) mass is 336 g/mol. The summed E-state index contributed by atoms with van der Waals surface area (Å²) in [7, 11) is 0. The van der Waals surface area contributed by atoms with Crippen molar-refractivity contribution >= 4 is 0 Å². The van der Waals surface area contributed by atoms with Gasteiger partial charge in [0, 0.05) is 0 Å². The quantitative estimate of drug-likeness (QED) is 0.560. The molecule has 0 aromatic heterocycles. The molecule has 128 valence electrons. The van der Waals surface area contributed by atoms with Gasteiger partial charge in [0.05, 0.1) is 5.41 Å². The number of hydrogen-bond donors (Lipinski definition) is 0. The Hall–Kier alpha value is -2.60. The van der Waals surface area contributed by atoms with Crippen LogP contribution in [-0.2, 0) is 5.41 Å². The van der Waals surface area contributed by atoms with E-state index in [4.69, 9.17) is 0 Å². The molecule has 0 saturated carbocycles. The van der Waals surface area contributed by atoms with E-state index in [2.05, 4.69) is 85.8 Å². The number of benzene rings is 2. The van der Waals surface area contributed by atoms with Gasteiger partial charge in [0.15, 0.2) is 0 Å². The number of fused-ring (bicyclic) bond motifs is 3. The molecule has 3 aliphatic carbocycles. The van der Waals surface area contributed by atoms with Gasteiger partial charge >= 0.3 is 0 Å². The summed E-state index contributed by atoms with van der Waals surface area (Å²) < 4.78 is 0. The fraction of sp³-hybridized carbons (Fsp3) is 0.231. The topological polar surface area (TPSA) is 0 Å². The van der Waals surface area contributed by atoms with Gasteiger partial charge in [0.2, 0.25) is 0 Å². The molecule has 0 N–H and O–H groups in total. The molecule has 0 aliphatic heterocycles. The summed E-state index contributed by atoms with van der Waals surface area (Å²) >= 11 is 0. The maximum Gasteiger partial charge on any atom is 0.0707 e. The molecule has 0 heteroatoms. The van der Waals surface area contributed by atoms with E-state index in [0.29, 0.717) is 0 Å². The van der Waals surface area contributed by atoms with Gasteiger partial charge in [-0.25, -0.2) is 0 Å². The SMILES string of the molecule is CC1=CC(C2(C3=CCCC=C3)c3ccccc3-c3ccccc32)=CCC1. The standard InChI is InChI=1S/C26H24/c1-19-10-9-13-21(18-19)26(20-11-3-2-4-12-20)24-16-7-5-14-22(24)23-15-6-8-17-25(23)26/h3,5-8,11-18H,2,4,9-10H2,1H3. The number of hydrogen-bond acceptors (Lipinski definition) is 0. The number of allylic oxidation sites excluding steroid dienone is 8. The zero-order valence-electron chi connectivity index (χ0n) is 15.3. The van der Waals surface area contributed by atoms with Crippen LogP contribution in [0.3, 0.4) is 0 Å². The van der Waals surface area contributed by atoms with Gasteiger partial charge in [-0.05, 0) is 66.0 Å². The van der Waals surface area contributed by atoms with Crippen LogP contribution in [-0.4, -0.2) is 0 Å². The van der Waals surface area contributed by atoms with Gasteiger partial charge in [-0.1, -0.05) is 84.5 Å². The van der Waals surface area contributed by atoms with Crippen molar-refractivity contribution in [3.63, 3.8) is 0 Å². The predicted molar refractivity (Wildman–Crippen MR) is 110 cm³/mol. The van der Waals surface area contributed by atoms with Crippen LogP contribution in [0.15, 0.2) is 95.6 Å². The van der Waals surface area contributed by atoms with E-state index in [1.54, 1.807) is 0 Å². The second-order valence-corrected chi connectivity index (χ2v) is 7.67. The molecule has 2 aromatic carbocycles. The third-order valence-corrected chi connectivity index (χ3v) is 6.12. The van der Waals surface area contributed by atoms with Gasteiger partial charge in [0.1, 0.15) is 0 Å². The van der Waals surface area contributed by atoms with Gasteiger partial charge in [-0.3, -0.25) is 0 Å². The van der Waals surface area contributed by atoms with E-state index < -0.39 is 0 Å². The maximum atomic E-state index is 2.48. The van der Waals surface area contributed by atoms with E-state index in [9.17, 15) is 0 Å². The van der Waals surface area contributed by atoms with Crippen molar-refractivity contribution in [2.45, 2.75) is 38.0 Å². The molecule has 2 aromatic rings. The Morgan fingerprint density at radius 1 is 0.731 bits per heavy atom. The van der Waals surface area contributed by atoms with Crippen molar-refractivity contribution in [1.82, 2.24) is 0 Å². The summed E-state index contributed by atoms with van der Waals surface area (Å²) in [5, 5.41) is 0. The molecule has 5 rings (SSSR count). The minimum absolute atomic E-state index is 0.161. The second kappa shape index (κ2) is 5.99. The highest BCUT2D eigenvalue weighted by molar-refractivity contribution is 5.87. The summed E-state index contributed by atoms with van der Waals surface area (Å²) in [6, 6.07) is 18.0. The third-order valence-electron chi connectivity index (χ3n) is 6.12. The molecule has 0 atom stereocenters. The molecule has 0 saturated heterocycles. The van der Waals surface area contributed by atoms with Crippen molar-refractivity contribution in [3.8, 4) is 11.1 Å². The first-order valence-corrected chi connectivity index (χ1v) is 9.76. The molecule has 0 amide bonds. The Kier molecular flexibility index (Phi) is 3.60. The van der Waals surface area contributed by atoms with Crippen LogP contribution in [0.1, 0.15) is 43.7 Å². The van der Waals surface area contributed by atoms with Gasteiger partial charge < -0.3 is 0 Å². The molecular weight excluding hydrogens is 312 g/mol. The van der Waals surface area contributed by atoms with Gasteiger partial charge in [0.25, 0.3) is 0 Å². The summed E-state index contributed by atoms with van der Waals surface area (Å²) in [4.78, 5) is 0. The predicted octanol–water partition coefficient (Wildman–Crippen LogP) is 6.90. The molecule has 26 heavy (non-hydrogen) atoms. The van der Waals surface area contributed by atoms with Crippen LogP contribution in [0, 0.1) is 0 Å².